The van der Waals surface area contributed by atoms with Crippen LogP contribution in [0.15, 0.2) is 169 Å². The smallest absolute Gasteiger partial charge is 0.871 e. The van der Waals surface area contributed by atoms with Crippen molar-refractivity contribution in [2.45, 2.75) is 36.5 Å². The largest absolute Gasteiger partial charge is 2.00 e. The maximum absolute atomic E-state index is 13.4. The average molecular weight is 1120 g/mol. The molecular formula is C52H42CaCl2N6O12S2. The van der Waals surface area contributed by atoms with Crippen molar-refractivity contribution in [1.82, 2.24) is 0 Å². The number of hydrogen-bond donors (Lipinski definition) is 4. The second kappa shape index (κ2) is 24.7. The van der Waals surface area contributed by atoms with Crippen LogP contribution in [0.4, 0.5) is 34.1 Å². The summed E-state index contributed by atoms with van der Waals surface area (Å²) in [5, 5.41) is 59.1. The molecule has 8 rings (SSSR count). The summed E-state index contributed by atoms with van der Waals surface area (Å²) >= 11 is 12.5. The van der Waals surface area contributed by atoms with E-state index in [1.54, 1.807) is 111 Å². The van der Waals surface area contributed by atoms with E-state index in [4.69, 9.17) is 32.7 Å². The van der Waals surface area contributed by atoms with Crippen molar-refractivity contribution in [2.75, 3.05) is 19.5 Å². The predicted octanol–water partition coefficient (Wildman–Crippen LogP) is 11.5. The number of aliphatic imine (C=N–C) groups is 1. The summed E-state index contributed by atoms with van der Waals surface area (Å²) in [4.78, 5) is 16.2. The molecule has 0 radical (unpaired) electrons. The second-order valence-corrected chi connectivity index (χ2v) is 19.3. The minimum atomic E-state index is -4.67. The molecule has 8 aromatic rings. The fraction of sp³-hybridized carbons (Fsp3) is 0.115. The topological polar surface area (TPSA) is 284 Å². The van der Waals surface area contributed by atoms with Crippen molar-refractivity contribution in [3.05, 3.63) is 166 Å². The molecule has 4 N–H and O–H groups in total. The molecule has 75 heavy (non-hydrogen) atoms. The van der Waals surface area contributed by atoms with Crippen LogP contribution in [0.25, 0.3) is 21.5 Å². The molecule has 0 saturated heterocycles. The van der Waals surface area contributed by atoms with Gasteiger partial charge in [0.15, 0.2) is 5.75 Å². The number of aromatic hydroxyl groups is 1. The SMILES string of the molecule is CCc1c(Cl)ccc(S(=O)(=O)O)c1N=Nc1c(O)c(C(=O)Nc2ccccc2OC)cc2ccccc12.CCc1c(Cl)ccc(S(=O)(=O)O)c1N=Nc1c([O-])c(C([O-])=Nc2ccccc2OC)cc2ccccc12.[Ca+2]. The van der Waals surface area contributed by atoms with Gasteiger partial charge in [-0.1, -0.05) is 116 Å². The Labute approximate surface area is 470 Å². The molecule has 0 aliphatic carbocycles. The molecule has 23 heteroatoms. The van der Waals surface area contributed by atoms with Gasteiger partial charge >= 0.3 is 37.7 Å². The van der Waals surface area contributed by atoms with E-state index in [2.05, 4.69) is 30.8 Å². The van der Waals surface area contributed by atoms with Gasteiger partial charge in [0.05, 0.1) is 31.2 Å². The fourth-order valence-corrected chi connectivity index (χ4v) is 9.55. The molecule has 0 saturated carbocycles. The zero-order chi connectivity index (χ0) is 53.5. The molecule has 0 aliphatic heterocycles. The number of rotatable bonds is 14. The Hall–Kier alpha value is -6.72. The first-order valence-electron chi connectivity index (χ1n) is 22.0. The molecule has 8 aromatic carbocycles. The molecule has 0 heterocycles. The number of phenolic OH excluding ortho intramolecular Hbond substituents is 1. The Bertz CT molecular complexity index is 3830. The van der Waals surface area contributed by atoms with Crippen LogP contribution < -0.4 is 25.0 Å². The number of halogens is 2. The number of hydrogen-bond acceptors (Lipinski definition) is 15. The van der Waals surface area contributed by atoms with Gasteiger partial charge in [0, 0.05) is 20.8 Å². The molecule has 0 spiro atoms. The van der Waals surface area contributed by atoms with Crippen LogP contribution in [0.2, 0.25) is 10.0 Å². The molecule has 0 atom stereocenters. The van der Waals surface area contributed by atoms with Crippen molar-refractivity contribution >= 4 is 149 Å². The molecule has 0 unspecified atom stereocenters. The van der Waals surface area contributed by atoms with E-state index in [1.165, 1.54) is 38.5 Å². The number of ether oxygens (including phenoxy) is 2. The van der Waals surface area contributed by atoms with Crippen LogP contribution in [0.5, 0.6) is 23.0 Å². The van der Waals surface area contributed by atoms with E-state index in [0.29, 0.717) is 56.3 Å². The molecule has 18 nitrogen and oxygen atoms in total. The maximum Gasteiger partial charge on any atom is 2.00 e. The van der Waals surface area contributed by atoms with E-state index in [1.807, 2.05) is 0 Å². The van der Waals surface area contributed by atoms with Crippen LogP contribution in [0.1, 0.15) is 40.9 Å². The van der Waals surface area contributed by atoms with Crippen molar-refractivity contribution in [2.24, 2.45) is 25.4 Å². The van der Waals surface area contributed by atoms with Gasteiger partial charge in [0.1, 0.15) is 44.0 Å². The van der Waals surface area contributed by atoms with Gasteiger partial charge in [0.25, 0.3) is 26.1 Å². The third-order valence-corrected chi connectivity index (χ3v) is 13.7. The van der Waals surface area contributed by atoms with E-state index >= 15 is 0 Å². The first-order valence-corrected chi connectivity index (χ1v) is 25.7. The third kappa shape index (κ3) is 12.9. The van der Waals surface area contributed by atoms with Crippen molar-refractivity contribution in [1.29, 1.82) is 0 Å². The van der Waals surface area contributed by atoms with E-state index in [9.17, 15) is 46.1 Å². The van der Waals surface area contributed by atoms with E-state index < -0.39 is 53.3 Å². The monoisotopic (exact) mass is 1120 g/mol. The maximum atomic E-state index is 13.4. The molecule has 0 aromatic heterocycles. The number of azo groups is 2. The quantitative estimate of drug-likeness (QED) is 0.0260. The van der Waals surface area contributed by atoms with Gasteiger partial charge in [-0.25, -0.2) is 0 Å². The first-order chi connectivity index (χ1) is 35.3. The summed E-state index contributed by atoms with van der Waals surface area (Å²) in [5.41, 5.74) is 0.341. The van der Waals surface area contributed by atoms with Gasteiger partial charge in [0.2, 0.25) is 0 Å². The number of carbonyl (C=O) groups excluding carboxylic acids is 1. The summed E-state index contributed by atoms with van der Waals surface area (Å²) < 4.78 is 77.9. The summed E-state index contributed by atoms with van der Waals surface area (Å²) in [6.45, 7) is 3.46. The van der Waals surface area contributed by atoms with E-state index in [-0.39, 0.29) is 93.8 Å². The van der Waals surface area contributed by atoms with Crippen LogP contribution >= 0.6 is 23.2 Å². The Morgan fingerprint density at radius 3 is 1.57 bits per heavy atom. The van der Waals surface area contributed by atoms with Gasteiger partial charge < -0.3 is 30.1 Å². The molecule has 0 aliphatic rings. The zero-order valence-electron chi connectivity index (χ0n) is 40.1. The van der Waals surface area contributed by atoms with Gasteiger partial charge in [-0.2, -0.15) is 21.9 Å². The third-order valence-electron chi connectivity index (χ3n) is 11.2. The molecule has 0 bridgehead atoms. The number of nitrogens with one attached hydrogen (secondary N) is 1. The Balaban J connectivity index is 0.000000241. The number of fused-ring (bicyclic) bond motifs is 2. The van der Waals surface area contributed by atoms with Crippen LogP contribution in [-0.4, -0.2) is 94.8 Å². The minimum Gasteiger partial charge on any atom is -0.871 e. The number of carbonyl (C=O) groups is 1. The molecule has 1 amide bonds. The standard InChI is InChI=1S/2C26H22ClN3O6S.Ca/c2*1-3-16-19(27)12-13-22(37(33,34)35)23(16)29-30-24-17-9-5-4-8-15(17)14-18(25(24)31)26(32)28-20-10-6-7-11-21(20)36-2;/h2*4-14,31H,3H2,1-2H3,(H,28,32)(H,33,34,35);/q;;+2/p-2. The van der Waals surface area contributed by atoms with Gasteiger partial charge in [-0.15, -0.1) is 15.3 Å². The number of amides is 1. The number of para-hydroxylation sites is 4. The normalized spacial score (nSPS) is 11.9. The van der Waals surface area contributed by atoms with Crippen LogP contribution in [0.3, 0.4) is 0 Å². The fourth-order valence-electron chi connectivity index (χ4n) is 7.68. The summed E-state index contributed by atoms with van der Waals surface area (Å²) in [6, 6.07) is 34.8. The number of methoxy groups -OCH3 is 2. The number of phenols is 1. The number of anilines is 1. The summed E-state index contributed by atoms with van der Waals surface area (Å²) in [7, 11) is -6.42. The predicted molar refractivity (Wildman–Crippen MR) is 285 cm³/mol. The van der Waals surface area contributed by atoms with Crippen molar-refractivity contribution in [3.8, 4) is 23.0 Å². The zero-order valence-corrected chi connectivity index (χ0v) is 45.5. The first kappa shape index (κ1) is 57.6. The summed E-state index contributed by atoms with van der Waals surface area (Å²) in [6.07, 6.45) is 0.572. The Morgan fingerprint density at radius 1 is 0.613 bits per heavy atom. The number of benzene rings is 8. The Kier molecular flexibility index (Phi) is 19.0. The Morgan fingerprint density at radius 2 is 1.05 bits per heavy atom. The molecular weight excluding hydrogens is 1080 g/mol. The van der Waals surface area contributed by atoms with Crippen LogP contribution in [-0.2, 0) is 33.1 Å². The van der Waals surface area contributed by atoms with Crippen molar-refractivity contribution in [3.63, 3.8) is 0 Å². The minimum absolute atomic E-state index is 0. The average Bonchev–Trinajstić information content (AvgIpc) is 3.37. The molecule has 380 valence electrons. The molecule has 0 fully saturated rings. The second-order valence-electron chi connectivity index (χ2n) is 15.7. The van der Waals surface area contributed by atoms with Gasteiger partial charge in [-0.3, -0.25) is 18.9 Å². The summed E-state index contributed by atoms with van der Waals surface area (Å²) in [5.74, 6) is -1.87. The van der Waals surface area contributed by atoms with E-state index in [0.717, 1.165) is 12.1 Å². The number of nitrogens with zero attached hydrogens (tertiary/aromatic N) is 5. The van der Waals surface area contributed by atoms with Gasteiger partial charge in [-0.05, 0) is 107 Å². The van der Waals surface area contributed by atoms with Crippen molar-refractivity contribution < 1.29 is 55.5 Å². The van der Waals surface area contributed by atoms with Crippen LogP contribution in [0, 0.1) is 0 Å².